The van der Waals surface area contributed by atoms with Crippen LogP contribution in [-0.4, -0.2) is 49.9 Å². The number of nitrogens with zero attached hydrogens (tertiary/aromatic N) is 4. The molecule has 3 N–H and O–H groups in total. The third-order valence-electron chi connectivity index (χ3n) is 6.27. The summed E-state index contributed by atoms with van der Waals surface area (Å²) in [5.74, 6) is 0.0404. The molecule has 1 saturated carbocycles. The van der Waals surface area contributed by atoms with E-state index >= 15 is 0 Å². The van der Waals surface area contributed by atoms with Crippen LogP contribution in [0, 0.1) is 11.8 Å². The van der Waals surface area contributed by atoms with Crippen molar-refractivity contribution < 1.29 is 27.9 Å². The number of nitrogens with two attached hydrogens (primary N) is 1. The molecule has 2 fully saturated rings. The number of imidazole rings is 1. The van der Waals surface area contributed by atoms with Crippen molar-refractivity contribution in [2.24, 2.45) is 11.8 Å². The number of nitrogens with one attached hydrogen (secondary N) is 1. The van der Waals surface area contributed by atoms with E-state index in [4.69, 9.17) is 24.3 Å². The summed E-state index contributed by atoms with van der Waals surface area (Å²) in [5.41, 5.74) is 7.12. The number of benzene rings is 1. The molecule has 2 aliphatic rings. The Hall–Kier alpha value is -3.05. The Bertz CT molecular complexity index is 1300. The third kappa shape index (κ3) is 4.69. The van der Waals surface area contributed by atoms with Crippen molar-refractivity contribution in [2.75, 3.05) is 5.73 Å². The van der Waals surface area contributed by atoms with E-state index in [2.05, 4.69) is 20.2 Å². The quantitative estimate of drug-likeness (QED) is 0.319. The Morgan fingerprint density at radius 3 is 2.64 bits per heavy atom. The molecule has 0 spiro atoms. The molecule has 1 aliphatic heterocycles. The maximum atomic E-state index is 13.8. The molecule has 36 heavy (non-hydrogen) atoms. The van der Waals surface area contributed by atoms with Gasteiger partial charge in [0.1, 0.15) is 30.3 Å². The summed E-state index contributed by atoms with van der Waals surface area (Å²) in [7, 11) is -3.98. The smallest absolute Gasteiger partial charge is 0.459 e. The van der Waals surface area contributed by atoms with Crippen LogP contribution in [0.3, 0.4) is 0 Å². The molecule has 192 valence electrons. The summed E-state index contributed by atoms with van der Waals surface area (Å²) >= 11 is 0. The fraction of sp³-hybridized carbons (Fsp3) is 0.478. The van der Waals surface area contributed by atoms with E-state index in [9.17, 15) is 9.36 Å². The number of carbonyl (C=O) groups is 1. The minimum atomic E-state index is -3.98. The van der Waals surface area contributed by atoms with Gasteiger partial charge in [-0.1, -0.05) is 25.1 Å². The van der Waals surface area contributed by atoms with Crippen molar-refractivity contribution in [3.8, 4) is 5.75 Å². The third-order valence-corrected chi connectivity index (χ3v) is 7.94. The number of anilines is 1. The number of fused-ring (bicyclic) bond motifs is 2. The van der Waals surface area contributed by atoms with E-state index in [1.807, 2.05) is 13.0 Å². The first-order valence-corrected chi connectivity index (χ1v) is 13.3. The number of nitrogen functional groups attached to an aromatic ring is 1. The summed E-state index contributed by atoms with van der Waals surface area (Å²) in [4.78, 5) is 20.7. The van der Waals surface area contributed by atoms with Crippen LogP contribution < -0.4 is 15.3 Å². The maximum Gasteiger partial charge on any atom is 0.459 e. The normalized spacial score (nSPS) is 27.4. The van der Waals surface area contributed by atoms with Crippen LogP contribution in [0.1, 0.15) is 39.5 Å². The lowest BCUT2D eigenvalue weighted by atomic mass is 9.98. The largest absolute Gasteiger partial charge is 0.462 e. The summed E-state index contributed by atoms with van der Waals surface area (Å²) < 4.78 is 38.7. The molecule has 2 aromatic heterocycles. The van der Waals surface area contributed by atoms with E-state index in [1.54, 1.807) is 55.7 Å². The van der Waals surface area contributed by atoms with Gasteiger partial charge in [-0.3, -0.25) is 9.32 Å². The van der Waals surface area contributed by atoms with Crippen LogP contribution in [0.15, 0.2) is 42.9 Å². The lowest BCUT2D eigenvalue weighted by molar-refractivity contribution is -0.149. The van der Waals surface area contributed by atoms with E-state index in [-0.39, 0.29) is 36.0 Å². The summed E-state index contributed by atoms with van der Waals surface area (Å²) in [6.07, 6.45) is 1.65. The van der Waals surface area contributed by atoms with Crippen molar-refractivity contribution >= 4 is 25.2 Å². The van der Waals surface area contributed by atoms with Gasteiger partial charge in [-0.15, -0.1) is 0 Å². The Balaban J connectivity index is 1.31. The highest BCUT2D eigenvalue weighted by atomic mass is 31.2. The van der Waals surface area contributed by atoms with Gasteiger partial charge in [-0.05, 0) is 38.8 Å². The first-order valence-electron chi connectivity index (χ1n) is 11.8. The lowest BCUT2D eigenvalue weighted by Crippen LogP contribution is -2.36. The average Bonchev–Trinajstić information content (AvgIpc) is 3.12. The van der Waals surface area contributed by atoms with Crippen LogP contribution in [0.4, 0.5) is 5.82 Å². The molecule has 3 heterocycles. The van der Waals surface area contributed by atoms with Gasteiger partial charge < -0.3 is 19.7 Å². The monoisotopic (exact) mass is 516 g/mol. The molecule has 1 aliphatic carbocycles. The highest BCUT2D eigenvalue weighted by Crippen LogP contribution is 2.61. The van der Waals surface area contributed by atoms with Gasteiger partial charge in [-0.25, -0.2) is 19.0 Å². The number of hydrogen-bond acceptors (Lipinski definition) is 10. The summed E-state index contributed by atoms with van der Waals surface area (Å²) in [6.45, 7) is 7.07. The molecular weight excluding hydrogens is 487 g/mol. The second-order valence-corrected chi connectivity index (χ2v) is 11.0. The predicted molar refractivity (Wildman–Crippen MR) is 129 cm³/mol. The van der Waals surface area contributed by atoms with E-state index < -0.39 is 25.9 Å². The van der Waals surface area contributed by atoms with Crippen molar-refractivity contribution in [1.29, 1.82) is 0 Å². The maximum absolute atomic E-state index is 13.8. The van der Waals surface area contributed by atoms with Crippen molar-refractivity contribution in [1.82, 2.24) is 24.7 Å². The standard InChI is InChI=1S/C23H29N6O6P/c1-12(2)32-23(30)14(4)28-36(31,34-15-8-6-5-7-9-15)35-20-17-13(3)18(33-19(17)20)16-10-25-22-21(24)26-11-27-29(16)22/h5-14,17-20H,1-4H3,(H,28,31)(H2,24,26,27). The van der Waals surface area contributed by atoms with Crippen molar-refractivity contribution in [2.45, 2.75) is 58.2 Å². The molecule has 0 radical (unpaired) electrons. The number of ether oxygens (including phenoxy) is 2. The van der Waals surface area contributed by atoms with Crippen molar-refractivity contribution in [3.63, 3.8) is 0 Å². The lowest BCUT2D eigenvalue weighted by Gasteiger charge is -2.25. The van der Waals surface area contributed by atoms with Crippen LogP contribution >= 0.6 is 7.75 Å². The van der Waals surface area contributed by atoms with Crippen LogP contribution in [-0.2, 0) is 23.4 Å². The van der Waals surface area contributed by atoms with Gasteiger partial charge in [0.25, 0.3) is 0 Å². The summed E-state index contributed by atoms with van der Waals surface area (Å²) in [5, 5.41) is 6.98. The van der Waals surface area contributed by atoms with Gasteiger partial charge in [0.15, 0.2) is 11.5 Å². The minimum absolute atomic E-state index is 0.00425. The second kappa shape index (κ2) is 9.44. The van der Waals surface area contributed by atoms with Crippen molar-refractivity contribution in [3.05, 3.63) is 48.5 Å². The first-order chi connectivity index (χ1) is 17.2. The van der Waals surface area contributed by atoms with Crippen LogP contribution in [0.2, 0.25) is 0 Å². The Labute approximate surface area is 208 Å². The van der Waals surface area contributed by atoms with Gasteiger partial charge in [0.2, 0.25) is 0 Å². The molecular formula is C23H29N6O6P. The number of para-hydroxylation sites is 1. The van der Waals surface area contributed by atoms with E-state index in [0.29, 0.717) is 11.4 Å². The molecule has 7 atom stereocenters. The molecule has 5 rings (SSSR count). The number of esters is 1. The molecule has 3 aromatic rings. The fourth-order valence-corrected chi connectivity index (χ4v) is 6.25. The minimum Gasteiger partial charge on any atom is -0.462 e. The number of rotatable bonds is 9. The molecule has 0 bridgehead atoms. The number of aromatic nitrogens is 4. The Morgan fingerprint density at radius 2 is 1.97 bits per heavy atom. The zero-order valence-electron chi connectivity index (χ0n) is 20.3. The molecule has 1 aromatic carbocycles. The topological polar surface area (TPSA) is 152 Å². The SMILES string of the molecule is CC(C)OC(=O)C(C)NP(=O)(Oc1ccccc1)OC1C2OC(c3cnc4c(N)ncnn34)C(C)C21. The molecule has 13 heteroatoms. The van der Waals surface area contributed by atoms with Gasteiger partial charge >= 0.3 is 13.7 Å². The molecule has 1 saturated heterocycles. The second-order valence-electron chi connectivity index (χ2n) is 9.33. The van der Waals surface area contributed by atoms with Gasteiger partial charge in [0.05, 0.1) is 24.1 Å². The average molecular weight is 516 g/mol. The Kier molecular flexibility index (Phi) is 6.46. The zero-order chi connectivity index (χ0) is 25.6. The highest BCUT2D eigenvalue weighted by molar-refractivity contribution is 7.52. The molecule has 7 unspecified atom stereocenters. The number of hydrogen-bond donors (Lipinski definition) is 2. The summed E-state index contributed by atoms with van der Waals surface area (Å²) in [6, 6.07) is 7.73. The van der Waals surface area contributed by atoms with Gasteiger partial charge in [0, 0.05) is 5.92 Å². The highest BCUT2D eigenvalue weighted by Gasteiger charge is 2.66. The Morgan fingerprint density at radius 1 is 1.22 bits per heavy atom. The van der Waals surface area contributed by atoms with Gasteiger partial charge in [-0.2, -0.15) is 10.2 Å². The zero-order valence-corrected chi connectivity index (χ0v) is 21.2. The molecule has 12 nitrogen and oxygen atoms in total. The molecule has 0 amide bonds. The van der Waals surface area contributed by atoms with Crippen LogP contribution in [0.25, 0.3) is 5.65 Å². The van der Waals surface area contributed by atoms with E-state index in [1.165, 1.54) is 6.33 Å². The first kappa shape index (κ1) is 24.6. The van der Waals surface area contributed by atoms with E-state index in [0.717, 1.165) is 5.69 Å². The predicted octanol–water partition coefficient (Wildman–Crippen LogP) is 2.91. The number of carbonyl (C=O) groups excluding carboxylic acids is 1. The fourth-order valence-electron chi connectivity index (χ4n) is 4.54. The van der Waals surface area contributed by atoms with Crippen LogP contribution in [0.5, 0.6) is 5.75 Å².